The van der Waals surface area contributed by atoms with E-state index in [1.807, 2.05) is 0 Å². The fraction of sp³-hybridized carbons (Fsp3) is 0.750. The van der Waals surface area contributed by atoms with Crippen LogP contribution in [0.15, 0.2) is 0 Å². The van der Waals surface area contributed by atoms with Crippen LogP contribution in [0.5, 0.6) is 0 Å². The molecule has 1 heterocycles. The Morgan fingerprint density at radius 1 is 0.636 bits per heavy atom. The number of rotatable bonds is 11. The van der Waals surface area contributed by atoms with Crippen LogP contribution in [-0.4, -0.2) is 148 Å². The van der Waals surface area contributed by atoms with Gasteiger partial charge < -0.3 is 25.2 Å². The lowest BCUT2D eigenvalue weighted by Gasteiger charge is -2.35. The minimum absolute atomic E-state index is 0.0787. The maximum Gasteiger partial charge on any atom is 0.320 e. The van der Waals surface area contributed by atoms with Crippen LogP contribution in [0.4, 0.5) is 0 Å². The number of carbonyl (C=O) groups is 5. The molecular weight excluding hydrogens is 440 g/mol. The van der Waals surface area contributed by atoms with Crippen LogP contribution in [0.25, 0.3) is 0 Å². The van der Waals surface area contributed by atoms with Gasteiger partial charge in [-0.2, -0.15) is 0 Å². The number of hydrogen-bond acceptors (Lipinski definition) is 9. The van der Waals surface area contributed by atoms with Crippen LogP contribution in [-0.2, 0) is 24.0 Å². The fourth-order valence-corrected chi connectivity index (χ4v) is 3.71. The third kappa shape index (κ3) is 12.3. The van der Waals surface area contributed by atoms with E-state index in [4.69, 9.17) is 0 Å². The highest BCUT2D eigenvalue weighted by molar-refractivity contribution is 5.78. The molecule has 13 heteroatoms. The van der Waals surface area contributed by atoms with Gasteiger partial charge in [-0.05, 0) is 13.3 Å². The first kappa shape index (κ1) is 28.4. The topological polar surface area (TPSA) is 179 Å². The Labute approximate surface area is 192 Å². The Bertz CT molecular complexity index is 671. The van der Waals surface area contributed by atoms with E-state index >= 15 is 0 Å². The van der Waals surface area contributed by atoms with Crippen molar-refractivity contribution >= 4 is 29.7 Å². The molecule has 1 aliphatic heterocycles. The number of ketones is 1. The fourth-order valence-electron chi connectivity index (χ4n) is 3.71. The Morgan fingerprint density at radius 2 is 0.970 bits per heavy atom. The summed E-state index contributed by atoms with van der Waals surface area (Å²) in [4.78, 5) is 63.6. The molecule has 0 aliphatic carbocycles. The average molecular weight is 475 g/mol. The summed E-state index contributed by atoms with van der Waals surface area (Å²) >= 11 is 0. The van der Waals surface area contributed by atoms with Gasteiger partial charge in [0.1, 0.15) is 11.8 Å². The number of hydrogen-bond donors (Lipinski definition) is 4. The van der Waals surface area contributed by atoms with Crippen molar-refractivity contribution in [1.82, 2.24) is 19.6 Å². The molecule has 0 aromatic rings. The van der Waals surface area contributed by atoms with Gasteiger partial charge in [-0.3, -0.25) is 38.8 Å². The van der Waals surface area contributed by atoms with Crippen molar-refractivity contribution in [2.45, 2.75) is 25.8 Å². The van der Waals surface area contributed by atoms with Gasteiger partial charge >= 0.3 is 23.9 Å². The second kappa shape index (κ2) is 14.5. The largest absolute Gasteiger partial charge is 0.480 e. The summed E-state index contributed by atoms with van der Waals surface area (Å²) in [6.07, 6.45) is 0.171. The summed E-state index contributed by atoms with van der Waals surface area (Å²) < 4.78 is 0. The van der Waals surface area contributed by atoms with Gasteiger partial charge in [0.2, 0.25) is 0 Å². The number of carboxylic acids is 4. The molecule has 188 valence electrons. The monoisotopic (exact) mass is 474 g/mol. The first-order chi connectivity index (χ1) is 15.5. The molecule has 1 saturated heterocycles. The van der Waals surface area contributed by atoms with Crippen LogP contribution in [0.2, 0.25) is 0 Å². The van der Waals surface area contributed by atoms with E-state index in [-0.39, 0.29) is 90.6 Å². The van der Waals surface area contributed by atoms with Crippen molar-refractivity contribution in [3.8, 4) is 0 Å². The standard InChI is InChI=1S/C20H34N4O9/c1-15(25)2-3-16(20(32)33)24-10-8-22(13-18(28)29)6-4-21(12-17(26)27)5-7-23(9-11-24)14-19(30)31/h16H,2-14H2,1H3,(H,26,27)(H,28,29)(H,30,31)(H,32,33)/t16-/m0/s1. The first-order valence-electron chi connectivity index (χ1n) is 10.8. The van der Waals surface area contributed by atoms with E-state index in [2.05, 4.69) is 0 Å². The highest BCUT2D eigenvalue weighted by Gasteiger charge is 2.28. The minimum atomic E-state index is -1.11. The first-order valence-corrected chi connectivity index (χ1v) is 10.8. The smallest absolute Gasteiger partial charge is 0.320 e. The summed E-state index contributed by atoms with van der Waals surface area (Å²) in [5.41, 5.74) is 0. The van der Waals surface area contributed by atoms with E-state index < -0.39 is 29.9 Å². The summed E-state index contributed by atoms with van der Waals surface area (Å²) in [7, 11) is 0. The van der Waals surface area contributed by atoms with E-state index in [1.54, 1.807) is 19.6 Å². The Morgan fingerprint density at radius 3 is 1.24 bits per heavy atom. The third-order valence-corrected chi connectivity index (χ3v) is 5.44. The molecule has 0 unspecified atom stereocenters. The number of carbonyl (C=O) groups excluding carboxylic acids is 1. The third-order valence-electron chi connectivity index (χ3n) is 5.44. The molecule has 1 aliphatic rings. The second-order valence-corrected chi connectivity index (χ2v) is 8.14. The van der Waals surface area contributed by atoms with Gasteiger partial charge in [-0.25, -0.2) is 0 Å². The highest BCUT2D eigenvalue weighted by atomic mass is 16.4. The molecule has 13 nitrogen and oxygen atoms in total. The van der Waals surface area contributed by atoms with Crippen molar-refractivity contribution in [1.29, 1.82) is 0 Å². The Balaban J connectivity index is 3.11. The van der Waals surface area contributed by atoms with Crippen LogP contribution in [0.3, 0.4) is 0 Å². The maximum absolute atomic E-state index is 11.9. The number of nitrogens with zero attached hydrogens (tertiary/aromatic N) is 4. The maximum atomic E-state index is 11.9. The predicted octanol–water partition coefficient (Wildman–Crippen LogP) is -1.72. The summed E-state index contributed by atoms with van der Waals surface area (Å²) in [6, 6.07) is -0.973. The SMILES string of the molecule is CC(=O)CC[C@@H](C(=O)O)N1CCN(CC(=O)O)CCN(CC(=O)O)CCN(CC(=O)O)CC1. The van der Waals surface area contributed by atoms with E-state index in [1.165, 1.54) is 6.92 Å². The molecule has 1 fully saturated rings. The summed E-state index contributed by atoms with van der Waals surface area (Å²) in [5, 5.41) is 37.4. The minimum Gasteiger partial charge on any atom is -0.480 e. The van der Waals surface area contributed by atoms with Gasteiger partial charge in [-0.15, -0.1) is 0 Å². The van der Waals surface area contributed by atoms with Gasteiger partial charge in [0.05, 0.1) is 19.6 Å². The number of Topliss-reactive ketones (excluding diaryl/α,β-unsaturated/α-hetero) is 1. The molecule has 1 atom stereocenters. The van der Waals surface area contributed by atoms with Crippen molar-refractivity contribution < 1.29 is 44.4 Å². The molecule has 33 heavy (non-hydrogen) atoms. The van der Waals surface area contributed by atoms with Gasteiger partial charge in [0.15, 0.2) is 0 Å². The van der Waals surface area contributed by atoms with Crippen LogP contribution < -0.4 is 0 Å². The Hall–Kier alpha value is -2.61. The molecule has 0 aromatic carbocycles. The zero-order valence-corrected chi connectivity index (χ0v) is 18.9. The lowest BCUT2D eigenvalue weighted by Crippen LogP contribution is -2.51. The Kier molecular flexibility index (Phi) is 12.5. The van der Waals surface area contributed by atoms with Gasteiger partial charge in [0, 0.05) is 58.8 Å². The molecule has 0 aromatic heterocycles. The molecule has 1 rings (SSSR count). The number of carboxylic acid groups (broad SMARTS) is 4. The van der Waals surface area contributed by atoms with Crippen molar-refractivity contribution in [2.24, 2.45) is 0 Å². The van der Waals surface area contributed by atoms with Crippen molar-refractivity contribution in [2.75, 3.05) is 72.0 Å². The molecule has 0 amide bonds. The molecule has 0 saturated carbocycles. The molecule has 4 N–H and O–H groups in total. The highest BCUT2D eigenvalue weighted by Crippen LogP contribution is 2.10. The summed E-state index contributed by atoms with van der Waals surface area (Å²) in [5.74, 6) is -4.41. The number of aliphatic carboxylic acids is 4. The zero-order chi connectivity index (χ0) is 25.0. The van der Waals surface area contributed by atoms with E-state index in [0.717, 1.165) is 0 Å². The predicted molar refractivity (Wildman–Crippen MR) is 115 cm³/mol. The van der Waals surface area contributed by atoms with Gasteiger partial charge in [0.25, 0.3) is 0 Å². The zero-order valence-electron chi connectivity index (χ0n) is 18.9. The quantitative estimate of drug-likeness (QED) is 0.266. The summed E-state index contributed by atoms with van der Waals surface area (Å²) in [6.45, 7) is 2.38. The second-order valence-electron chi connectivity index (χ2n) is 8.14. The molecule has 0 radical (unpaired) electrons. The van der Waals surface area contributed by atoms with Crippen molar-refractivity contribution in [3.63, 3.8) is 0 Å². The van der Waals surface area contributed by atoms with Gasteiger partial charge in [-0.1, -0.05) is 0 Å². The van der Waals surface area contributed by atoms with E-state index in [0.29, 0.717) is 0 Å². The lowest BCUT2D eigenvalue weighted by atomic mass is 10.1. The molecule has 0 bridgehead atoms. The van der Waals surface area contributed by atoms with E-state index in [9.17, 15) is 44.4 Å². The lowest BCUT2D eigenvalue weighted by molar-refractivity contribution is -0.145. The average Bonchev–Trinajstić information content (AvgIpc) is 2.67. The van der Waals surface area contributed by atoms with Crippen LogP contribution >= 0.6 is 0 Å². The van der Waals surface area contributed by atoms with Crippen molar-refractivity contribution in [3.05, 3.63) is 0 Å². The molecular formula is C20H34N4O9. The van der Waals surface area contributed by atoms with Crippen LogP contribution in [0, 0.1) is 0 Å². The molecule has 0 spiro atoms. The normalized spacial score (nSPS) is 19.2. The van der Waals surface area contributed by atoms with Crippen LogP contribution in [0.1, 0.15) is 19.8 Å².